The summed E-state index contributed by atoms with van der Waals surface area (Å²) in [6.07, 6.45) is 0.761. The number of hydrogen-bond donors (Lipinski definition) is 2. The lowest BCUT2D eigenvalue weighted by atomic mass is 10.2. The Hall–Kier alpha value is -2.08. The number of amides is 2. The number of hydrogen-bond acceptors (Lipinski definition) is 4. The molecule has 1 saturated heterocycles. The highest BCUT2D eigenvalue weighted by molar-refractivity contribution is 5.85. The van der Waals surface area contributed by atoms with Crippen LogP contribution >= 0.6 is 0 Å². The van der Waals surface area contributed by atoms with Crippen molar-refractivity contribution in [3.8, 4) is 5.75 Å². The van der Waals surface area contributed by atoms with Gasteiger partial charge >= 0.3 is 0 Å². The summed E-state index contributed by atoms with van der Waals surface area (Å²) < 4.78 is 5.52. The lowest BCUT2D eigenvalue weighted by Crippen LogP contribution is -2.39. The summed E-state index contributed by atoms with van der Waals surface area (Å²) in [5, 5.41) is 2.73. The predicted octanol–water partition coefficient (Wildman–Crippen LogP) is -0.127. The Morgan fingerprint density at radius 3 is 3.00 bits per heavy atom. The Bertz CT molecular complexity index is 490. The minimum absolute atomic E-state index is 0.0791. The molecule has 0 spiro atoms. The van der Waals surface area contributed by atoms with Gasteiger partial charge in [0.05, 0.1) is 6.54 Å². The van der Waals surface area contributed by atoms with Gasteiger partial charge in [-0.2, -0.15) is 0 Å². The predicted molar refractivity (Wildman–Crippen MR) is 74.0 cm³/mol. The molecule has 0 aliphatic carbocycles. The molecule has 1 aliphatic rings. The fraction of sp³-hybridized carbons (Fsp3) is 0.429. The number of nitrogens with zero attached hydrogens (tertiary/aromatic N) is 1. The van der Waals surface area contributed by atoms with Gasteiger partial charge in [-0.1, -0.05) is 18.2 Å². The molecule has 1 aliphatic heterocycles. The molecule has 6 heteroatoms. The van der Waals surface area contributed by atoms with Crippen LogP contribution in [0.2, 0.25) is 0 Å². The molecule has 0 radical (unpaired) electrons. The van der Waals surface area contributed by atoms with Crippen LogP contribution < -0.4 is 15.8 Å². The highest BCUT2D eigenvalue weighted by Crippen LogP contribution is 2.17. The molecule has 0 unspecified atom stereocenters. The molecule has 1 heterocycles. The molecule has 0 bridgehead atoms. The van der Waals surface area contributed by atoms with E-state index in [1.165, 1.54) is 4.90 Å². The molecule has 6 nitrogen and oxygen atoms in total. The number of nitrogens with two attached hydrogens (primary N) is 1. The van der Waals surface area contributed by atoms with Crippen LogP contribution in [0, 0.1) is 0 Å². The van der Waals surface area contributed by atoms with Gasteiger partial charge in [0.25, 0.3) is 5.91 Å². The van der Waals surface area contributed by atoms with E-state index in [1.54, 1.807) is 6.07 Å². The van der Waals surface area contributed by atoms with Crippen LogP contribution in [0.15, 0.2) is 24.3 Å². The maximum atomic E-state index is 12.1. The van der Waals surface area contributed by atoms with Gasteiger partial charge in [0, 0.05) is 25.2 Å². The third kappa shape index (κ3) is 3.71. The minimum Gasteiger partial charge on any atom is -0.483 e. The molecule has 20 heavy (non-hydrogen) atoms. The standard InChI is InChI=1S/C14H19N3O3/c15-8-11-4-1-2-5-12(11)20-10-14(19)17-7-3-6-16-13(18)9-17/h1-2,4-5H,3,6-10,15H2,(H,16,18). The van der Waals surface area contributed by atoms with E-state index in [4.69, 9.17) is 10.5 Å². The molecule has 3 N–H and O–H groups in total. The molecule has 0 atom stereocenters. The van der Waals surface area contributed by atoms with Crippen LogP contribution in [0.25, 0.3) is 0 Å². The van der Waals surface area contributed by atoms with Crippen LogP contribution in [-0.4, -0.2) is 43.0 Å². The van der Waals surface area contributed by atoms with Gasteiger partial charge in [0.15, 0.2) is 6.61 Å². The number of benzene rings is 1. The molecule has 2 rings (SSSR count). The summed E-state index contributed by atoms with van der Waals surface area (Å²) in [6, 6.07) is 7.35. The second-order valence-corrected chi connectivity index (χ2v) is 4.62. The van der Waals surface area contributed by atoms with Crippen LogP contribution in [0.1, 0.15) is 12.0 Å². The second kappa shape index (κ2) is 6.91. The van der Waals surface area contributed by atoms with E-state index in [1.807, 2.05) is 18.2 Å². The second-order valence-electron chi connectivity index (χ2n) is 4.62. The highest BCUT2D eigenvalue weighted by Gasteiger charge is 2.20. The van der Waals surface area contributed by atoms with Crippen molar-refractivity contribution in [3.63, 3.8) is 0 Å². The Morgan fingerprint density at radius 2 is 2.20 bits per heavy atom. The lowest BCUT2D eigenvalue weighted by molar-refractivity contribution is -0.136. The molecule has 0 saturated carbocycles. The summed E-state index contributed by atoms with van der Waals surface area (Å²) in [6.45, 7) is 1.56. The van der Waals surface area contributed by atoms with E-state index >= 15 is 0 Å². The van der Waals surface area contributed by atoms with Gasteiger partial charge in [-0.05, 0) is 12.5 Å². The number of ether oxygens (including phenoxy) is 1. The summed E-state index contributed by atoms with van der Waals surface area (Å²) >= 11 is 0. The Balaban J connectivity index is 1.92. The molecule has 108 valence electrons. The molecule has 1 fully saturated rings. The average molecular weight is 277 g/mol. The van der Waals surface area contributed by atoms with Gasteiger partial charge in [0.1, 0.15) is 5.75 Å². The van der Waals surface area contributed by atoms with Crippen molar-refractivity contribution < 1.29 is 14.3 Å². The first kappa shape index (κ1) is 14.3. The van der Waals surface area contributed by atoms with Crippen LogP contribution in [-0.2, 0) is 16.1 Å². The lowest BCUT2D eigenvalue weighted by Gasteiger charge is -2.19. The number of carbonyl (C=O) groups is 2. The van der Waals surface area contributed by atoms with Crippen molar-refractivity contribution in [3.05, 3.63) is 29.8 Å². The largest absolute Gasteiger partial charge is 0.483 e. The maximum absolute atomic E-state index is 12.1. The van der Waals surface area contributed by atoms with E-state index in [-0.39, 0.29) is 25.0 Å². The van der Waals surface area contributed by atoms with Crippen molar-refractivity contribution in [1.29, 1.82) is 0 Å². The summed E-state index contributed by atoms with van der Waals surface area (Å²) in [7, 11) is 0. The Labute approximate surface area is 117 Å². The summed E-state index contributed by atoms with van der Waals surface area (Å²) in [5.41, 5.74) is 6.47. The third-order valence-electron chi connectivity index (χ3n) is 3.16. The van der Waals surface area contributed by atoms with Crippen LogP contribution in [0.3, 0.4) is 0 Å². The topological polar surface area (TPSA) is 84.7 Å². The van der Waals surface area contributed by atoms with E-state index in [9.17, 15) is 9.59 Å². The van der Waals surface area contributed by atoms with Crippen LogP contribution in [0.5, 0.6) is 5.75 Å². The zero-order valence-corrected chi connectivity index (χ0v) is 11.3. The zero-order chi connectivity index (χ0) is 14.4. The van der Waals surface area contributed by atoms with Gasteiger partial charge in [-0.25, -0.2) is 0 Å². The fourth-order valence-electron chi connectivity index (χ4n) is 2.06. The molecular weight excluding hydrogens is 258 g/mol. The number of rotatable bonds is 4. The van der Waals surface area contributed by atoms with Crippen molar-refractivity contribution in [2.75, 3.05) is 26.2 Å². The fourth-order valence-corrected chi connectivity index (χ4v) is 2.06. The SMILES string of the molecule is NCc1ccccc1OCC(=O)N1CCCNC(=O)C1. The summed E-state index contributed by atoms with van der Waals surface area (Å²) in [5.74, 6) is 0.301. The summed E-state index contributed by atoms with van der Waals surface area (Å²) in [4.78, 5) is 25.0. The number of carbonyl (C=O) groups excluding carboxylic acids is 2. The van der Waals surface area contributed by atoms with Gasteiger partial charge in [-0.3, -0.25) is 9.59 Å². The Morgan fingerprint density at radius 1 is 1.40 bits per heavy atom. The first-order valence-electron chi connectivity index (χ1n) is 6.66. The molecule has 2 amide bonds. The van der Waals surface area contributed by atoms with Gasteiger partial charge in [-0.15, -0.1) is 0 Å². The highest BCUT2D eigenvalue weighted by atomic mass is 16.5. The van der Waals surface area contributed by atoms with E-state index in [0.717, 1.165) is 12.0 Å². The molecular formula is C14H19N3O3. The third-order valence-corrected chi connectivity index (χ3v) is 3.16. The smallest absolute Gasteiger partial charge is 0.260 e. The van der Waals surface area contributed by atoms with E-state index in [2.05, 4.69) is 5.32 Å². The van der Waals surface area contributed by atoms with E-state index < -0.39 is 0 Å². The minimum atomic E-state index is -0.186. The van der Waals surface area contributed by atoms with Crippen molar-refractivity contribution in [2.24, 2.45) is 5.73 Å². The molecule has 1 aromatic carbocycles. The normalized spacial score (nSPS) is 15.4. The van der Waals surface area contributed by atoms with Crippen molar-refractivity contribution in [1.82, 2.24) is 10.2 Å². The average Bonchev–Trinajstić information content (AvgIpc) is 2.69. The number of nitrogens with one attached hydrogen (secondary N) is 1. The quantitative estimate of drug-likeness (QED) is 0.803. The first-order chi connectivity index (χ1) is 9.70. The molecule has 1 aromatic rings. The zero-order valence-electron chi connectivity index (χ0n) is 11.3. The van der Waals surface area contributed by atoms with Gasteiger partial charge in [0.2, 0.25) is 5.91 Å². The number of para-hydroxylation sites is 1. The maximum Gasteiger partial charge on any atom is 0.260 e. The van der Waals surface area contributed by atoms with Gasteiger partial charge < -0.3 is 20.7 Å². The monoisotopic (exact) mass is 277 g/mol. The van der Waals surface area contributed by atoms with Crippen molar-refractivity contribution >= 4 is 11.8 Å². The first-order valence-corrected chi connectivity index (χ1v) is 6.66. The van der Waals surface area contributed by atoms with Crippen LogP contribution in [0.4, 0.5) is 0 Å². The van der Waals surface area contributed by atoms with E-state index in [0.29, 0.717) is 25.4 Å². The molecule has 0 aromatic heterocycles. The van der Waals surface area contributed by atoms with Crippen molar-refractivity contribution in [2.45, 2.75) is 13.0 Å². The Kier molecular flexibility index (Phi) is 4.95.